The minimum atomic E-state index is -7.22. The largest absolute Gasteiger partial charge is 0.289 e. The Morgan fingerprint density at radius 2 is 0.598 bits per heavy atom. The van der Waals surface area contributed by atoms with Gasteiger partial charge in [-0.1, -0.05) is 170 Å². The molecule has 0 saturated heterocycles. The van der Waals surface area contributed by atoms with Crippen molar-refractivity contribution in [1.82, 2.24) is 0 Å². The Morgan fingerprint density at radius 1 is 0.322 bits per heavy atom. The van der Waals surface area contributed by atoms with Gasteiger partial charge in [-0.25, -0.2) is 87.8 Å². The summed E-state index contributed by atoms with van der Waals surface area (Å²) < 4.78 is 294. The molecule has 0 bridgehead atoms. The lowest BCUT2D eigenvalue weighted by Crippen LogP contribution is -2.81. The topological polar surface area (TPSA) is 17.1 Å². The number of unbranched alkanes of at least 4 members (excludes halogenated alkanes) is 15. The smallest absolute Gasteiger partial charge is 0.212 e. The fourth-order valence-corrected chi connectivity index (χ4v) is 13.4. The van der Waals surface area contributed by atoms with Crippen LogP contribution in [0.4, 0.5) is 87.8 Å². The molecule has 464 valence electrons. The monoisotopic (exact) mass is 1260 g/mol. The highest BCUT2D eigenvalue weighted by molar-refractivity contribution is 7.97. The first-order valence-electron chi connectivity index (χ1n) is 27.9. The molecule has 87 heavy (non-hydrogen) atoms. The van der Waals surface area contributed by atoms with E-state index in [9.17, 15) is 57.5 Å². The molecule has 1 unspecified atom stereocenters. The van der Waals surface area contributed by atoms with Crippen molar-refractivity contribution < 1.29 is 92.6 Å². The van der Waals surface area contributed by atoms with Crippen LogP contribution in [0.2, 0.25) is 0 Å². The molecule has 8 aromatic carbocycles. The predicted octanol–water partition coefficient (Wildman–Crippen LogP) is 18.0. The lowest BCUT2D eigenvalue weighted by molar-refractivity contribution is 0.102. The van der Waals surface area contributed by atoms with Crippen molar-refractivity contribution in [3.05, 3.63) is 207 Å². The number of fused-ring (bicyclic) bond motifs is 3. The van der Waals surface area contributed by atoms with Gasteiger partial charge in [0.1, 0.15) is 58.4 Å². The van der Waals surface area contributed by atoms with E-state index in [0.717, 1.165) is 11.3 Å². The second kappa shape index (κ2) is 29.8. The molecule has 0 fully saturated rings. The standard InChI is InChI=1S/C40H53OS.C24BF20/c1-2-3-4-5-6-7-8-9-10-11-12-13-14-15-16-24-31-42(33-39(41)34-25-18-17-19-26-34)40-32-35-27-20-21-28-36(35)37-29-22-23-30-38(37)40;26-5-1(6(27)14(35)21(42)13(5)34)25(2-7(28)15(36)22(43)16(37)8(2)29,3-9(30)17(38)23(44)18(39)10(3)31)4-11(32)19(40)24(45)20(41)12(4)33/h17-23,25-30,32H,2-16,24,31,33H2,1H3;/q+1;-1. The van der Waals surface area contributed by atoms with Crippen LogP contribution in [0, 0.1) is 116 Å². The number of ketones is 1. The minimum absolute atomic E-state index is 0.116. The molecule has 0 spiro atoms. The van der Waals surface area contributed by atoms with Gasteiger partial charge in [0.25, 0.3) is 0 Å². The average molecular weight is 1260 g/mol. The molecule has 0 aliphatic carbocycles. The third-order valence-electron chi connectivity index (χ3n) is 15.4. The maximum atomic E-state index is 15.4. The summed E-state index contributed by atoms with van der Waals surface area (Å²) in [7, 11) is -0.116. The Bertz CT molecular complexity index is 3400. The third kappa shape index (κ3) is 13.7. The van der Waals surface area contributed by atoms with E-state index < -0.39 is 144 Å². The summed E-state index contributed by atoms with van der Waals surface area (Å²) in [4.78, 5) is 14.8. The van der Waals surface area contributed by atoms with E-state index in [0.29, 0.717) is 5.75 Å². The fourth-order valence-electron chi connectivity index (χ4n) is 11.1. The molecular weight excluding hydrogens is 1210 g/mol. The van der Waals surface area contributed by atoms with Crippen molar-refractivity contribution in [2.45, 2.75) is 115 Å². The van der Waals surface area contributed by atoms with E-state index in [1.165, 1.54) is 129 Å². The highest BCUT2D eigenvalue weighted by Crippen LogP contribution is 2.35. The number of rotatable bonds is 25. The van der Waals surface area contributed by atoms with Gasteiger partial charge < -0.3 is 0 Å². The zero-order valence-corrected chi connectivity index (χ0v) is 47.1. The highest BCUT2D eigenvalue weighted by atomic mass is 32.2. The van der Waals surface area contributed by atoms with E-state index in [1.807, 2.05) is 30.3 Å². The normalized spacial score (nSPS) is 12.1. The molecule has 0 N–H and O–H groups in total. The van der Waals surface area contributed by atoms with Crippen LogP contribution in [-0.4, -0.2) is 23.4 Å². The van der Waals surface area contributed by atoms with Gasteiger partial charge in [0.05, 0.1) is 0 Å². The summed E-state index contributed by atoms with van der Waals surface area (Å²) in [5.41, 5.74) is -13.5. The van der Waals surface area contributed by atoms with Gasteiger partial charge in [-0.15, -0.1) is 21.9 Å². The third-order valence-corrected chi connectivity index (χ3v) is 17.7. The number of carbonyl (C=O) groups is 1. The Hall–Kier alpha value is -7.04. The van der Waals surface area contributed by atoms with Crippen LogP contribution in [0.5, 0.6) is 0 Å². The molecule has 0 aliphatic heterocycles. The number of carbonyl (C=O) groups excluding carboxylic acids is 1. The van der Waals surface area contributed by atoms with Crippen LogP contribution < -0.4 is 21.9 Å². The van der Waals surface area contributed by atoms with Crippen molar-refractivity contribution in [3.8, 4) is 0 Å². The van der Waals surface area contributed by atoms with E-state index in [4.69, 9.17) is 0 Å². The number of hydrogen-bond acceptors (Lipinski definition) is 1. The fraction of sp³-hybridized carbons (Fsp3) is 0.297. The summed E-state index contributed by atoms with van der Waals surface area (Å²) >= 11 is 0. The van der Waals surface area contributed by atoms with Gasteiger partial charge in [-0.3, -0.25) is 4.79 Å². The van der Waals surface area contributed by atoms with Crippen LogP contribution in [0.1, 0.15) is 120 Å². The molecule has 1 atom stereocenters. The molecule has 23 heteroatoms. The lowest BCUT2D eigenvalue weighted by atomic mass is 9.12. The van der Waals surface area contributed by atoms with Crippen molar-refractivity contribution in [2.24, 2.45) is 0 Å². The Labute approximate surface area is 490 Å². The first-order valence-corrected chi connectivity index (χ1v) is 29.4. The van der Waals surface area contributed by atoms with Gasteiger partial charge >= 0.3 is 0 Å². The molecule has 1 nitrogen and oxygen atoms in total. The molecular formula is C64H53BF20OS. The zero-order valence-electron chi connectivity index (χ0n) is 46.3. The second-order valence-corrected chi connectivity index (χ2v) is 23.0. The molecule has 0 aromatic heterocycles. The first-order chi connectivity index (χ1) is 41.5. The predicted molar refractivity (Wildman–Crippen MR) is 296 cm³/mol. The number of halogens is 20. The van der Waals surface area contributed by atoms with Crippen LogP contribution in [-0.2, 0) is 10.9 Å². The summed E-state index contributed by atoms with van der Waals surface area (Å²) in [5, 5.41) is 5.21. The van der Waals surface area contributed by atoms with E-state index in [-0.39, 0.29) is 16.7 Å². The summed E-state index contributed by atoms with van der Waals surface area (Å²) in [5.74, 6) is -69.4. The van der Waals surface area contributed by atoms with Crippen LogP contribution in [0.25, 0.3) is 21.5 Å². The van der Waals surface area contributed by atoms with E-state index in [2.05, 4.69) is 61.5 Å². The minimum Gasteiger partial charge on any atom is -0.289 e. The van der Waals surface area contributed by atoms with Crippen molar-refractivity contribution >= 4 is 66.2 Å². The number of hydrogen-bond donors (Lipinski definition) is 0. The highest BCUT2D eigenvalue weighted by Gasteiger charge is 2.52. The molecule has 0 amide bonds. The van der Waals surface area contributed by atoms with Gasteiger partial charge in [0, 0.05) is 27.9 Å². The maximum Gasteiger partial charge on any atom is 0.212 e. The molecule has 8 rings (SSSR count). The van der Waals surface area contributed by atoms with Crippen molar-refractivity contribution in [2.75, 3.05) is 11.5 Å². The summed E-state index contributed by atoms with van der Waals surface area (Å²) in [6.45, 7) is 2.29. The Kier molecular flexibility index (Phi) is 23.1. The summed E-state index contributed by atoms with van der Waals surface area (Å²) in [6, 6.07) is 29.8. The van der Waals surface area contributed by atoms with Crippen LogP contribution >= 0.6 is 0 Å². The van der Waals surface area contributed by atoms with Crippen LogP contribution in [0.15, 0.2) is 89.8 Å². The van der Waals surface area contributed by atoms with Crippen LogP contribution in [0.3, 0.4) is 0 Å². The van der Waals surface area contributed by atoms with E-state index in [1.54, 1.807) is 0 Å². The molecule has 8 aromatic rings. The van der Waals surface area contributed by atoms with Gasteiger partial charge in [0.2, 0.25) is 5.78 Å². The molecule has 0 heterocycles. The zero-order chi connectivity index (χ0) is 63.6. The molecule has 0 saturated carbocycles. The summed E-state index contributed by atoms with van der Waals surface area (Å²) in [6.07, 6.45) is 14.9. The second-order valence-electron chi connectivity index (χ2n) is 20.9. The first kappa shape index (κ1) is 67.5. The molecule has 0 aliphatic rings. The number of Topliss-reactive ketones (excluding diaryl/α,β-unsaturated/α-hetero) is 1. The quantitative estimate of drug-likeness (QED) is 0.00815. The van der Waals surface area contributed by atoms with Gasteiger partial charge in [0.15, 0.2) is 80.5 Å². The van der Waals surface area contributed by atoms with E-state index >= 15 is 35.1 Å². The maximum absolute atomic E-state index is 15.4. The SMILES string of the molecule is CCCCCCCCCCCCCCCCCC[S+](CC(=O)c1ccccc1)c1cc2ccccc2c2ccccc12.Fc1c(F)c(F)c([B-](c2c(F)c(F)c(F)c(F)c2F)(c2c(F)c(F)c(F)c(F)c2F)c2c(F)c(F)c(F)c(F)c2F)c(F)c1F. The number of benzene rings is 8. The molecule has 0 radical (unpaired) electrons. The van der Waals surface area contributed by atoms with Gasteiger partial charge in [-0.05, 0) is 35.1 Å². The van der Waals surface area contributed by atoms with Gasteiger partial charge in [-0.2, -0.15) is 0 Å². The van der Waals surface area contributed by atoms with Crippen molar-refractivity contribution in [3.63, 3.8) is 0 Å². The average Bonchev–Trinajstić information content (AvgIpc) is 0.690. The Balaban J connectivity index is 0.000000249. The van der Waals surface area contributed by atoms with Crippen molar-refractivity contribution in [1.29, 1.82) is 0 Å². The Morgan fingerprint density at radius 3 is 0.943 bits per heavy atom. The lowest BCUT2D eigenvalue weighted by Gasteiger charge is -2.44.